The second kappa shape index (κ2) is 8.75. The first-order valence-corrected chi connectivity index (χ1v) is 10.2. The van der Waals surface area contributed by atoms with E-state index in [0.717, 1.165) is 22.1 Å². The molecule has 0 amide bonds. The minimum Gasteiger partial charge on any atom is -0.391 e. The number of aromatic nitrogens is 2. The summed E-state index contributed by atoms with van der Waals surface area (Å²) in [6, 6.07) is 17.3. The number of sulfonamides is 1. The zero-order valence-corrected chi connectivity index (χ0v) is 15.8. The number of benzene rings is 2. The summed E-state index contributed by atoms with van der Waals surface area (Å²) in [6.45, 7) is 2.28. The van der Waals surface area contributed by atoms with Gasteiger partial charge in [-0.1, -0.05) is 31.5 Å². The molecule has 2 aromatic carbocycles. The first kappa shape index (κ1) is 19.0. The maximum Gasteiger partial charge on any atom is 0.273 e. The second-order valence-corrected chi connectivity index (χ2v) is 7.74. The standard InChI is InChI=1S/C20H21N3O3S/c1-2-3-15-23(27(24,25)19-7-5-4-6-8-19)26-18-11-9-17(10-12-18)20-13-14-21-16-22-20/h4-14,16H,2-3,15H2,1H3. The fourth-order valence-corrected chi connectivity index (χ4v) is 3.77. The number of hydrogen-bond donors (Lipinski definition) is 0. The van der Waals surface area contributed by atoms with Crippen molar-refractivity contribution in [1.82, 2.24) is 14.4 Å². The molecule has 0 atom stereocenters. The predicted molar refractivity (Wildman–Crippen MR) is 103 cm³/mol. The summed E-state index contributed by atoms with van der Waals surface area (Å²) < 4.78 is 26.9. The molecule has 0 N–H and O–H groups in total. The molecule has 3 rings (SSSR count). The molecule has 1 heterocycles. The minimum atomic E-state index is -3.74. The van der Waals surface area contributed by atoms with E-state index >= 15 is 0 Å². The van der Waals surface area contributed by atoms with Crippen LogP contribution < -0.4 is 4.84 Å². The number of hydroxylamine groups is 1. The first-order valence-electron chi connectivity index (χ1n) is 8.73. The van der Waals surface area contributed by atoms with E-state index in [1.54, 1.807) is 48.7 Å². The Morgan fingerprint density at radius 1 is 1.00 bits per heavy atom. The summed E-state index contributed by atoms with van der Waals surface area (Å²) in [7, 11) is -3.74. The Morgan fingerprint density at radius 2 is 1.74 bits per heavy atom. The molecule has 7 heteroatoms. The van der Waals surface area contributed by atoms with Gasteiger partial charge in [-0.15, -0.1) is 0 Å². The lowest BCUT2D eigenvalue weighted by atomic mass is 10.1. The molecule has 0 unspecified atom stereocenters. The van der Waals surface area contributed by atoms with E-state index in [9.17, 15) is 8.42 Å². The third kappa shape index (κ3) is 4.69. The molecule has 6 nitrogen and oxygen atoms in total. The van der Waals surface area contributed by atoms with Crippen molar-refractivity contribution >= 4 is 10.0 Å². The van der Waals surface area contributed by atoms with E-state index in [1.165, 1.54) is 6.33 Å². The maximum atomic E-state index is 12.9. The Morgan fingerprint density at radius 3 is 2.37 bits per heavy atom. The smallest absolute Gasteiger partial charge is 0.273 e. The Labute approximate surface area is 159 Å². The van der Waals surface area contributed by atoms with Crippen molar-refractivity contribution < 1.29 is 13.3 Å². The van der Waals surface area contributed by atoms with Crippen molar-refractivity contribution in [2.75, 3.05) is 6.54 Å². The summed E-state index contributed by atoms with van der Waals surface area (Å²) in [4.78, 5) is 14.1. The molecule has 0 aliphatic heterocycles. The van der Waals surface area contributed by atoms with E-state index in [1.807, 2.05) is 25.1 Å². The van der Waals surface area contributed by atoms with Crippen LogP contribution in [0.3, 0.4) is 0 Å². The zero-order valence-electron chi connectivity index (χ0n) is 15.0. The molecule has 140 valence electrons. The normalized spacial score (nSPS) is 11.5. The molecule has 0 saturated heterocycles. The molecule has 0 saturated carbocycles. The van der Waals surface area contributed by atoms with Gasteiger partial charge in [-0.25, -0.2) is 18.4 Å². The topological polar surface area (TPSA) is 72.4 Å². The quantitative estimate of drug-likeness (QED) is 0.551. The van der Waals surface area contributed by atoms with Gasteiger partial charge in [0.15, 0.2) is 0 Å². The average molecular weight is 383 g/mol. The van der Waals surface area contributed by atoms with Gasteiger partial charge < -0.3 is 4.84 Å². The van der Waals surface area contributed by atoms with Crippen molar-refractivity contribution in [2.24, 2.45) is 0 Å². The van der Waals surface area contributed by atoms with Gasteiger partial charge in [0, 0.05) is 11.8 Å². The van der Waals surface area contributed by atoms with Gasteiger partial charge in [0.25, 0.3) is 10.0 Å². The van der Waals surface area contributed by atoms with E-state index in [2.05, 4.69) is 9.97 Å². The van der Waals surface area contributed by atoms with E-state index in [4.69, 9.17) is 4.84 Å². The van der Waals surface area contributed by atoms with Crippen molar-refractivity contribution in [3.8, 4) is 17.0 Å². The van der Waals surface area contributed by atoms with Crippen molar-refractivity contribution in [3.05, 3.63) is 73.2 Å². The van der Waals surface area contributed by atoms with Crippen LogP contribution in [-0.4, -0.2) is 29.4 Å². The third-order valence-corrected chi connectivity index (χ3v) is 5.60. The van der Waals surface area contributed by atoms with Crippen LogP contribution in [0.2, 0.25) is 0 Å². The minimum absolute atomic E-state index is 0.207. The molecule has 0 aliphatic rings. The Bertz CT molecular complexity index is 947. The SMILES string of the molecule is CCCCN(Oc1ccc(-c2ccncn2)cc1)S(=O)(=O)c1ccccc1. The summed E-state index contributed by atoms with van der Waals surface area (Å²) in [5.41, 5.74) is 1.69. The molecule has 0 spiro atoms. The molecule has 0 bridgehead atoms. The van der Waals surface area contributed by atoms with Crippen molar-refractivity contribution in [3.63, 3.8) is 0 Å². The lowest BCUT2D eigenvalue weighted by molar-refractivity contribution is 0.0348. The lowest BCUT2D eigenvalue weighted by Crippen LogP contribution is -2.35. The number of hydrogen-bond acceptors (Lipinski definition) is 5. The third-order valence-electron chi connectivity index (χ3n) is 3.94. The molecule has 27 heavy (non-hydrogen) atoms. The highest BCUT2D eigenvalue weighted by Gasteiger charge is 2.26. The summed E-state index contributed by atoms with van der Waals surface area (Å²) in [6.07, 6.45) is 4.71. The van der Waals surface area contributed by atoms with Gasteiger partial charge in [0.05, 0.1) is 17.1 Å². The summed E-state index contributed by atoms with van der Waals surface area (Å²) >= 11 is 0. The van der Waals surface area contributed by atoms with Crippen LogP contribution in [0.4, 0.5) is 0 Å². The van der Waals surface area contributed by atoms with Crippen LogP contribution in [0, 0.1) is 0 Å². The number of unbranched alkanes of at least 4 members (excludes halogenated alkanes) is 1. The van der Waals surface area contributed by atoms with Gasteiger partial charge in [-0.2, -0.15) is 0 Å². The van der Waals surface area contributed by atoms with Crippen LogP contribution in [-0.2, 0) is 10.0 Å². The fraction of sp³-hybridized carbons (Fsp3) is 0.200. The van der Waals surface area contributed by atoms with Crippen LogP contribution >= 0.6 is 0 Å². The molecule has 3 aromatic rings. The predicted octanol–water partition coefficient (Wildman–Crippen LogP) is 3.93. The average Bonchev–Trinajstić information content (AvgIpc) is 2.73. The monoisotopic (exact) mass is 383 g/mol. The maximum absolute atomic E-state index is 12.9. The Balaban J connectivity index is 1.82. The van der Waals surface area contributed by atoms with E-state index in [0.29, 0.717) is 12.2 Å². The molecule has 0 radical (unpaired) electrons. The van der Waals surface area contributed by atoms with Gasteiger partial charge in [0.1, 0.15) is 12.1 Å². The molecule has 0 aliphatic carbocycles. The van der Waals surface area contributed by atoms with Gasteiger partial charge in [-0.3, -0.25) is 0 Å². The van der Waals surface area contributed by atoms with E-state index in [-0.39, 0.29) is 11.4 Å². The summed E-state index contributed by atoms with van der Waals surface area (Å²) in [5.74, 6) is 0.448. The van der Waals surface area contributed by atoms with Crippen LogP contribution in [0.5, 0.6) is 5.75 Å². The Kier molecular flexibility index (Phi) is 6.16. The summed E-state index contributed by atoms with van der Waals surface area (Å²) in [5, 5.41) is 0. The van der Waals surface area contributed by atoms with Crippen molar-refractivity contribution in [2.45, 2.75) is 24.7 Å². The number of rotatable bonds is 8. The van der Waals surface area contributed by atoms with Crippen LogP contribution in [0.1, 0.15) is 19.8 Å². The van der Waals surface area contributed by atoms with Gasteiger partial charge >= 0.3 is 0 Å². The first-order chi connectivity index (χ1) is 13.1. The molecular weight excluding hydrogens is 362 g/mol. The highest BCUT2D eigenvalue weighted by molar-refractivity contribution is 7.89. The zero-order chi connectivity index (χ0) is 19.1. The fourth-order valence-electron chi connectivity index (χ4n) is 2.48. The highest BCUT2D eigenvalue weighted by Crippen LogP contribution is 2.23. The molecule has 1 aromatic heterocycles. The number of nitrogens with zero attached hydrogens (tertiary/aromatic N) is 3. The molecule has 0 fully saturated rings. The largest absolute Gasteiger partial charge is 0.391 e. The van der Waals surface area contributed by atoms with Crippen LogP contribution in [0.25, 0.3) is 11.3 Å². The lowest BCUT2D eigenvalue weighted by Gasteiger charge is -2.22. The molecular formula is C20H21N3O3S. The van der Waals surface area contributed by atoms with Crippen molar-refractivity contribution in [1.29, 1.82) is 0 Å². The second-order valence-electron chi connectivity index (χ2n) is 5.91. The Hall–Kier alpha value is -2.77. The van der Waals surface area contributed by atoms with Gasteiger partial charge in [-0.05, 0) is 53.4 Å². The van der Waals surface area contributed by atoms with Gasteiger partial charge in [0.2, 0.25) is 0 Å². The van der Waals surface area contributed by atoms with Crippen LogP contribution in [0.15, 0.2) is 78.1 Å². The highest BCUT2D eigenvalue weighted by atomic mass is 32.2. The van der Waals surface area contributed by atoms with E-state index < -0.39 is 10.0 Å².